The number of aryl methyl sites for hydroxylation is 1. The van der Waals surface area contributed by atoms with Gasteiger partial charge >= 0.3 is 0 Å². The summed E-state index contributed by atoms with van der Waals surface area (Å²) in [4.78, 5) is 0. The number of fused-ring (bicyclic) bond motifs is 1. The monoisotopic (exact) mass is 259 g/mol. The lowest BCUT2D eigenvalue weighted by Gasteiger charge is -2.39. The van der Waals surface area contributed by atoms with Crippen LogP contribution >= 0.6 is 0 Å². The summed E-state index contributed by atoms with van der Waals surface area (Å²) in [6.45, 7) is 2.28. The standard InChI is InChI=1S/C17H25NO/c1-2-12-4-3-5-14(10-12)17(19)9-8-13-11-15(18)6-7-16(13)17/h6-7,11-12,14,19H,2-5,8-10,18H2,1H3. The molecule has 2 aliphatic carbocycles. The van der Waals surface area contributed by atoms with Gasteiger partial charge in [-0.15, -0.1) is 0 Å². The number of nitrogens with two attached hydrogens (primary N) is 1. The van der Waals surface area contributed by atoms with Crippen molar-refractivity contribution < 1.29 is 5.11 Å². The van der Waals surface area contributed by atoms with E-state index in [0.29, 0.717) is 5.92 Å². The average Bonchev–Trinajstić information content (AvgIpc) is 2.77. The molecule has 104 valence electrons. The normalized spacial score (nSPS) is 34.2. The van der Waals surface area contributed by atoms with Gasteiger partial charge < -0.3 is 10.8 Å². The molecule has 0 amide bonds. The lowest BCUT2D eigenvalue weighted by Crippen LogP contribution is -2.36. The molecule has 3 atom stereocenters. The van der Waals surface area contributed by atoms with Gasteiger partial charge in [-0.25, -0.2) is 0 Å². The molecule has 1 fully saturated rings. The number of anilines is 1. The molecular weight excluding hydrogens is 234 g/mol. The van der Waals surface area contributed by atoms with E-state index in [1.54, 1.807) is 0 Å². The van der Waals surface area contributed by atoms with E-state index in [-0.39, 0.29) is 0 Å². The van der Waals surface area contributed by atoms with E-state index in [1.165, 1.54) is 37.7 Å². The predicted molar refractivity (Wildman–Crippen MR) is 78.8 cm³/mol. The molecule has 2 nitrogen and oxygen atoms in total. The van der Waals surface area contributed by atoms with Crippen molar-refractivity contribution in [3.05, 3.63) is 29.3 Å². The van der Waals surface area contributed by atoms with Crippen LogP contribution in [0.25, 0.3) is 0 Å². The Morgan fingerprint density at radius 1 is 1.37 bits per heavy atom. The van der Waals surface area contributed by atoms with Gasteiger partial charge in [0.05, 0.1) is 5.60 Å². The first-order valence-corrected chi connectivity index (χ1v) is 7.74. The number of hydrogen-bond donors (Lipinski definition) is 2. The zero-order valence-corrected chi connectivity index (χ0v) is 11.9. The van der Waals surface area contributed by atoms with Gasteiger partial charge in [-0.3, -0.25) is 0 Å². The quantitative estimate of drug-likeness (QED) is 0.797. The minimum atomic E-state index is -0.586. The second kappa shape index (κ2) is 4.82. The largest absolute Gasteiger partial charge is 0.399 e. The van der Waals surface area contributed by atoms with Gasteiger partial charge in [0.15, 0.2) is 0 Å². The predicted octanol–water partition coefficient (Wildman–Crippen LogP) is 3.62. The summed E-state index contributed by atoms with van der Waals surface area (Å²) in [7, 11) is 0. The van der Waals surface area contributed by atoms with Crippen LogP contribution in [0.2, 0.25) is 0 Å². The van der Waals surface area contributed by atoms with Crippen LogP contribution in [0, 0.1) is 11.8 Å². The summed E-state index contributed by atoms with van der Waals surface area (Å²) in [5.74, 6) is 1.25. The first-order chi connectivity index (χ1) is 9.13. The molecule has 1 aromatic rings. The maximum absolute atomic E-state index is 11.2. The van der Waals surface area contributed by atoms with Gasteiger partial charge in [0.1, 0.15) is 0 Å². The number of hydrogen-bond acceptors (Lipinski definition) is 2. The Kier molecular flexibility index (Phi) is 3.30. The van der Waals surface area contributed by atoms with Gasteiger partial charge in [0, 0.05) is 5.69 Å². The van der Waals surface area contributed by atoms with Crippen LogP contribution in [-0.2, 0) is 12.0 Å². The Hall–Kier alpha value is -1.02. The lowest BCUT2D eigenvalue weighted by atomic mass is 9.70. The Morgan fingerprint density at radius 2 is 2.21 bits per heavy atom. The second-order valence-electron chi connectivity index (χ2n) is 6.48. The zero-order valence-electron chi connectivity index (χ0n) is 11.9. The van der Waals surface area contributed by atoms with E-state index in [9.17, 15) is 5.11 Å². The van der Waals surface area contributed by atoms with E-state index >= 15 is 0 Å². The maximum atomic E-state index is 11.2. The molecule has 0 spiro atoms. The summed E-state index contributed by atoms with van der Waals surface area (Å²) in [6, 6.07) is 6.05. The van der Waals surface area contributed by atoms with E-state index in [0.717, 1.165) is 30.0 Å². The molecule has 19 heavy (non-hydrogen) atoms. The fourth-order valence-electron chi connectivity index (χ4n) is 4.22. The summed E-state index contributed by atoms with van der Waals surface area (Å²) < 4.78 is 0. The summed E-state index contributed by atoms with van der Waals surface area (Å²) in [5.41, 5.74) is 8.51. The smallest absolute Gasteiger partial charge is 0.0930 e. The van der Waals surface area contributed by atoms with Crippen molar-refractivity contribution in [1.82, 2.24) is 0 Å². The highest BCUT2D eigenvalue weighted by Gasteiger charge is 2.44. The Balaban J connectivity index is 1.89. The van der Waals surface area contributed by atoms with Crippen LogP contribution in [0.4, 0.5) is 5.69 Å². The molecule has 0 heterocycles. The maximum Gasteiger partial charge on any atom is 0.0930 e. The number of benzene rings is 1. The van der Waals surface area contributed by atoms with Crippen LogP contribution in [0.1, 0.15) is 56.6 Å². The van der Waals surface area contributed by atoms with E-state index in [2.05, 4.69) is 13.0 Å². The molecule has 2 aliphatic rings. The zero-order chi connectivity index (χ0) is 13.5. The highest BCUT2D eigenvalue weighted by atomic mass is 16.3. The number of rotatable bonds is 2. The first-order valence-electron chi connectivity index (χ1n) is 7.74. The van der Waals surface area contributed by atoms with Crippen LogP contribution in [-0.4, -0.2) is 5.11 Å². The van der Waals surface area contributed by atoms with Gasteiger partial charge in [-0.2, -0.15) is 0 Å². The molecule has 0 aromatic heterocycles. The molecule has 3 N–H and O–H groups in total. The van der Waals surface area contributed by atoms with Crippen molar-refractivity contribution in [2.24, 2.45) is 11.8 Å². The van der Waals surface area contributed by atoms with Crippen LogP contribution in [0.3, 0.4) is 0 Å². The van der Waals surface area contributed by atoms with Crippen molar-refractivity contribution in [1.29, 1.82) is 0 Å². The third-order valence-electron chi connectivity index (χ3n) is 5.41. The molecular formula is C17H25NO. The molecule has 0 aliphatic heterocycles. The topological polar surface area (TPSA) is 46.2 Å². The van der Waals surface area contributed by atoms with Crippen LogP contribution in [0.5, 0.6) is 0 Å². The Labute approximate surface area is 116 Å². The third kappa shape index (κ3) is 2.16. The van der Waals surface area contributed by atoms with Crippen molar-refractivity contribution in [3.63, 3.8) is 0 Å². The minimum absolute atomic E-state index is 0.441. The molecule has 2 heteroatoms. The molecule has 1 saturated carbocycles. The lowest BCUT2D eigenvalue weighted by molar-refractivity contribution is -0.0457. The number of aliphatic hydroxyl groups is 1. The highest BCUT2D eigenvalue weighted by Crippen LogP contribution is 2.49. The fraction of sp³-hybridized carbons (Fsp3) is 0.647. The summed E-state index contributed by atoms with van der Waals surface area (Å²) in [5, 5.41) is 11.2. The van der Waals surface area contributed by atoms with Crippen molar-refractivity contribution in [3.8, 4) is 0 Å². The van der Waals surface area contributed by atoms with E-state index in [4.69, 9.17) is 5.73 Å². The van der Waals surface area contributed by atoms with Crippen molar-refractivity contribution in [2.45, 2.75) is 57.5 Å². The minimum Gasteiger partial charge on any atom is -0.399 e. The summed E-state index contributed by atoms with van der Waals surface area (Å²) >= 11 is 0. The van der Waals surface area contributed by atoms with Gasteiger partial charge in [-0.1, -0.05) is 32.3 Å². The average molecular weight is 259 g/mol. The van der Waals surface area contributed by atoms with Crippen molar-refractivity contribution >= 4 is 5.69 Å². The fourth-order valence-corrected chi connectivity index (χ4v) is 4.22. The Bertz CT molecular complexity index is 470. The van der Waals surface area contributed by atoms with Gasteiger partial charge in [-0.05, 0) is 60.8 Å². The molecule has 0 saturated heterocycles. The molecule has 0 radical (unpaired) electrons. The number of nitrogen functional groups attached to an aromatic ring is 1. The molecule has 1 aromatic carbocycles. The van der Waals surface area contributed by atoms with Crippen molar-refractivity contribution in [2.75, 3.05) is 5.73 Å². The Morgan fingerprint density at radius 3 is 3.00 bits per heavy atom. The first kappa shape index (κ1) is 13.0. The summed E-state index contributed by atoms with van der Waals surface area (Å²) in [6.07, 6.45) is 8.10. The molecule has 3 unspecified atom stereocenters. The van der Waals surface area contributed by atoms with E-state index in [1.807, 2.05) is 12.1 Å². The second-order valence-corrected chi connectivity index (χ2v) is 6.48. The van der Waals surface area contributed by atoms with Crippen LogP contribution in [0.15, 0.2) is 18.2 Å². The van der Waals surface area contributed by atoms with Gasteiger partial charge in [0.25, 0.3) is 0 Å². The SMILES string of the molecule is CCC1CCCC(C2(O)CCc3cc(N)ccc32)C1. The van der Waals surface area contributed by atoms with Crippen LogP contribution < -0.4 is 5.73 Å². The van der Waals surface area contributed by atoms with E-state index < -0.39 is 5.60 Å². The molecule has 3 rings (SSSR count). The highest BCUT2D eigenvalue weighted by molar-refractivity contribution is 5.49. The van der Waals surface area contributed by atoms with Gasteiger partial charge in [0.2, 0.25) is 0 Å². The third-order valence-corrected chi connectivity index (χ3v) is 5.41. The molecule has 0 bridgehead atoms.